The number of aliphatic hydroxyl groups excluding tert-OH is 1. The number of nitrogens with zero attached hydrogens (tertiary/aromatic N) is 3. The van der Waals surface area contributed by atoms with Crippen LogP contribution in [0.4, 0.5) is 0 Å². The van der Waals surface area contributed by atoms with Crippen LogP contribution in [0.3, 0.4) is 0 Å². The first-order valence-corrected chi connectivity index (χ1v) is 8.65. The van der Waals surface area contributed by atoms with Crippen LogP contribution < -0.4 is 10.9 Å². The first-order chi connectivity index (χ1) is 13.0. The van der Waals surface area contributed by atoms with Gasteiger partial charge in [0.1, 0.15) is 11.3 Å². The van der Waals surface area contributed by atoms with E-state index in [4.69, 9.17) is 0 Å². The zero-order chi connectivity index (χ0) is 19.4. The minimum absolute atomic E-state index is 0.0475. The molecule has 1 unspecified atom stereocenters. The van der Waals surface area contributed by atoms with Gasteiger partial charge in [-0.25, -0.2) is 0 Å². The van der Waals surface area contributed by atoms with Crippen molar-refractivity contribution < 1.29 is 9.90 Å². The van der Waals surface area contributed by atoms with Crippen molar-refractivity contribution in [1.82, 2.24) is 25.3 Å². The number of aryl methyl sites for hydroxylation is 1. The molecule has 2 heterocycles. The summed E-state index contributed by atoms with van der Waals surface area (Å²) in [6.45, 7) is 3.62. The number of benzene rings is 1. The lowest BCUT2D eigenvalue weighted by Crippen LogP contribution is -2.40. The number of amides is 1. The highest BCUT2D eigenvalue weighted by Crippen LogP contribution is 2.18. The first-order valence-electron chi connectivity index (χ1n) is 8.65. The van der Waals surface area contributed by atoms with Crippen LogP contribution in [-0.2, 0) is 0 Å². The van der Waals surface area contributed by atoms with Gasteiger partial charge in [0.05, 0.1) is 24.5 Å². The summed E-state index contributed by atoms with van der Waals surface area (Å²) in [6.07, 6.45) is 3.53. The Balaban J connectivity index is 2.13. The Morgan fingerprint density at radius 2 is 2.07 bits per heavy atom. The highest BCUT2D eigenvalue weighted by atomic mass is 16.3. The molecule has 0 spiro atoms. The van der Waals surface area contributed by atoms with Gasteiger partial charge in [0.15, 0.2) is 0 Å². The van der Waals surface area contributed by atoms with Crippen LogP contribution in [0.1, 0.15) is 29.3 Å². The van der Waals surface area contributed by atoms with Crippen LogP contribution in [0.2, 0.25) is 0 Å². The zero-order valence-corrected chi connectivity index (χ0v) is 15.1. The smallest absolute Gasteiger partial charge is 0.284 e. The molecule has 0 fully saturated rings. The van der Waals surface area contributed by atoms with Gasteiger partial charge in [-0.1, -0.05) is 36.8 Å². The summed E-state index contributed by atoms with van der Waals surface area (Å²) < 4.78 is 1.15. The fraction of sp³-hybridized carbons (Fsp3) is 0.263. The Bertz CT molecular complexity index is 974. The first kappa shape index (κ1) is 18.5. The third-order valence-corrected chi connectivity index (χ3v) is 4.28. The largest absolute Gasteiger partial charge is 0.394 e. The third kappa shape index (κ3) is 3.95. The molecule has 1 atom stereocenters. The summed E-state index contributed by atoms with van der Waals surface area (Å²) in [6, 6.07) is 8.68. The number of rotatable bonds is 6. The fourth-order valence-electron chi connectivity index (χ4n) is 2.60. The fourth-order valence-corrected chi connectivity index (χ4v) is 2.60. The molecule has 0 aliphatic heterocycles. The SMILES string of the molecule is CCC(CO)NC(=O)c1cc(-c2ccc(C)cc2)nn(-c2cn[nH]c2)c1=O. The van der Waals surface area contributed by atoms with Gasteiger partial charge in [-0.2, -0.15) is 14.9 Å². The predicted octanol–water partition coefficient (Wildman–Crippen LogP) is 1.43. The third-order valence-electron chi connectivity index (χ3n) is 4.28. The number of carbonyl (C=O) groups excluding carboxylic acids is 1. The molecule has 0 aliphatic rings. The summed E-state index contributed by atoms with van der Waals surface area (Å²) in [7, 11) is 0. The molecule has 0 radical (unpaired) electrons. The number of nitrogens with one attached hydrogen (secondary N) is 2. The van der Waals surface area contributed by atoms with Crippen molar-refractivity contribution >= 4 is 5.91 Å². The molecule has 27 heavy (non-hydrogen) atoms. The van der Waals surface area contributed by atoms with E-state index in [9.17, 15) is 14.7 Å². The number of H-pyrrole nitrogens is 1. The van der Waals surface area contributed by atoms with E-state index in [0.717, 1.165) is 15.8 Å². The number of hydrogen-bond donors (Lipinski definition) is 3. The molecule has 3 rings (SSSR count). The van der Waals surface area contributed by atoms with Crippen LogP contribution >= 0.6 is 0 Å². The van der Waals surface area contributed by atoms with Gasteiger partial charge in [0.2, 0.25) is 0 Å². The Labute approximate surface area is 155 Å². The van der Waals surface area contributed by atoms with Gasteiger partial charge in [-0.05, 0) is 19.4 Å². The van der Waals surface area contributed by atoms with Crippen LogP contribution in [0, 0.1) is 6.92 Å². The highest BCUT2D eigenvalue weighted by Gasteiger charge is 2.19. The second kappa shape index (κ2) is 7.96. The Morgan fingerprint density at radius 3 is 2.67 bits per heavy atom. The van der Waals surface area contributed by atoms with Crippen molar-refractivity contribution in [2.24, 2.45) is 0 Å². The summed E-state index contributed by atoms with van der Waals surface area (Å²) in [5.74, 6) is -0.547. The maximum atomic E-state index is 12.8. The number of aromatic nitrogens is 4. The maximum absolute atomic E-state index is 12.8. The van der Waals surface area contributed by atoms with Gasteiger partial charge in [0.25, 0.3) is 11.5 Å². The standard InChI is InChI=1S/C19H21N5O3/c1-3-14(11-25)22-18(26)16-8-17(13-6-4-12(2)5-7-13)23-24(19(16)27)15-9-20-21-10-15/h4-10,14,25H,3,11H2,1-2H3,(H,20,21)(H,22,26). The Morgan fingerprint density at radius 1 is 1.33 bits per heavy atom. The van der Waals surface area contributed by atoms with Crippen LogP contribution in [0.5, 0.6) is 0 Å². The van der Waals surface area contributed by atoms with E-state index in [1.165, 1.54) is 18.5 Å². The van der Waals surface area contributed by atoms with Crippen molar-refractivity contribution in [2.45, 2.75) is 26.3 Å². The van der Waals surface area contributed by atoms with E-state index in [2.05, 4.69) is 20.6 Å². The van der Waals surface area contributed by atoms with Crippen molar-refractivity contribution in [3.05, 3.63) is 64.2 Å². The van der Waals surface area contributed by atoms with Crippen LogP contribution in [-0.4, -0.2) is 43.6 Å². The van der Waals surface area contributed by atoms with Gasteiger partial charge in [-0.15, -0.1) is 0 Å². The number of aliphatic hydroxyl groups is 1. The van der Waals surface area contributed by atoms with E-state index in [0.29, 0.717) is 17.8 Å². The van der Waals surface area contributed by atoms with Crippen molar-refractivity contribution in [3.8, 4) is 16.9 Å². The maximum Gasteiger partial charge on any atom is 0.284 e. The monoisotopic (exact) mass is 367 g/mol. The average Bonchev–Trinajstić information content (AvgIpc) is 3.21. The molecule has 8 nitrogen and oxygen atoms in total. The molecule has 0 saturated heterocycles. The molecular weight excluding hydrogens is 346 g/mol. The quantitative estimate of drug-likeness (QED) is 0.610. The molecule has 0 bridgehead atoms. The topological polar surface area (TPSA) is 113 Å². The highest BCUT2D eigenvalue weighted by molar-refractivity contribution is 5.95. The van der Waals surface area contributed by atoms with Crippen molar-refractivity contribution in [3.63, 3.8) is 0 Å². The molecule has 1 amide bonds. The van der Waals surface area contributed by atoms with Gasteiger partial charge in [0, 0.05) is 11.8 Å². The normalized spacial score (nSPS) is 12.0. The minimum atomic E-state index is -0.558. The molecule has 1 aromatic carbocycles. The van der Waals surface area contributed by atoms with Crippen molar-refractivity contribution in [1.29, 1.82) is 0 Å². The van der Waals surface area contributed by atoms with E-state index in [1.807, 2.05) is 38.1 Å². The molecule has 8 heteroatoms. The van der Waals surface area contributed by atoms with Crippen molar-refractivity contribution in [2.75, 3.05) is 6.61 Å². The van der Waals surface area contributed by atoms with E-state index >= 15 is 0 Å². The van der Waals surface area contributed by atoms with E-state index in [-0.39, 0.29) is 12.2 Å². The summed E-state index contributed by atoms with van der Waals surface area (Å²) in [5.41, 5.74) is 2.18. The summed E-state index contributed by atoms with van der Waals surface area (Å²) >= 11 is 0. The van der Waals surface area contributed by atoms with Crippen LogP contribution in [0.15, 0.2) is 47.5 Å². The lowest BCUT2D eigenvalue weighted by molar-refractivity contribution is 0.0913. The lowest BCUT2D eigenvalue weighted by atomic mass is 10.1. The number of aromatic amines is 1. The lowest BCUT2D eigenvalue weighted by Gasteiger charge is -2.15. The molecule has 3 aromatic rings. The van der Waals surface area contributed by atoms with E-state index < -0.39 is 17.5 Å². The minimum Gasteiger partial charge on any atom is -0.394 e. The molecule has 2 aromatic heterocycles. The van der Waals surface area contributed by atoms with Gasteiger partial charge >= 0.3 is 0 Å². The second-order valence-corrected chi connectivity index (χ2v) is 6.24. The van der Waals surface area contributed by atoms with E-state index in [1.54, 1.807) is 0 Å². The summed E-state index contributed by atoms with van der Waals surface area (Å²) in [4.78, 5) is 25.5. The molecule has 0 aliphatic carbocycles. The second-order valence-electron chi connectivity index (χ2n) is 6.24. The molecule has 140 valence electrons. The molecule has 0 saturated carbocycles. The van der Waals surface area contributed by atoms with Gasteiger partial charge in [-0.3, -0.25) is 14.7 Å². The average molecular weight is 367 g/mol. The van der Waals surface area contributed by atoms with Crippen LogP contribution in [0.25, 0.3) is 16.9 Å². The zero-order valence-electron chi connectivity index (χ0n) is 15.1. The molecule has 3 N–H and O–H groups in total. The predicted molar refractivity (Wildman–Crippen MR) is 101 cm³/mol. The number of carbonyl (C=O) groups is 1. The number of hydrogen-bond acceptors (Lipinski definition) is 5. The summed E-state index contributed by atoms with van der Waals surface area (Å²) in [5, 5.41) is 22.9. The Kier molecular flexibility index (Phi) is 5.46. The Hall–Kier alpha value is -3.26. The molecular formula is C19H21N5O3. The van der Waals surface area contributed by atoms with Gasteiger partial charge < -0.3 is 10.4 Å².